The van der Waals surface area contributed by atoms with E-state index in [1.807, 2.05) is 0 Å². The zero-order valence-corrected chi connectivity index (χ0v) is 19.9. The van der Waals surface area contributed by atoms with Gasteiger partial charge in [0.25, 0.3) is 0 Å². The number of piperidine rings is 1. The minimum atomic E-state index is -2.16. The maximum absolute atomic E-state index is 13.1. The van der Waals surface area contributed by atoms with Gasteiger partial charge < -0.3 is 19.6 Å². The molecule has 0 radical (unpaired) electrons. The molecule has 3 rings (SSSR count). The molecule has 0 aliphatic carbocycles. The van der Waals surface area contributed by atoms with Gasteiger partial charge in [0, 0.05) is 26.6 Å². The summed E-state index contributed by atoms with van der Waals surface area (Å²) in [5.41, 5.74) is 0. The molecule has 30 heavy (non-hydrogen) atoms. The van der Waals surface area contributed by atoms with Crippen molar-refractivity contribution >= 4 is 32.0 Å². The van der Waals surface area contributed by atoms with Gasteiger partial charge in [-0.05, 0) is 37.4 Å². The number of amidine groups is 1. The Balaban J connectivity index is 1.62. The van der Waals surface area contributed by atoms with E-state index in [1.165, 1.54) is 12.0 Å². The molecule has 9 nitrogen and oxygen atoms in total. The zero-order valence-electron chi connectivity index (χ0n) is 18.9. The van der Waals surface area contributed by atoms with Gasteiger partial charge in [0.05, 0.1) is 18.0 Å². The molecule has 3 atom stereocenters. The maximum Gasteiger partial charge on any atom is 0.343 e. The molecule has 2 N–H and O–H groups in total. The minimum absolute atomic E-state index is 0.00895. The molecule has 3 aliphatic heterocycles. The lowest BCUT2D eigenvalue weighted by atomic mass is 9.99. The van der Waals surface area contributed by atoms with Crippen LogP contribution in [0.4, 0.5) is 4.79 Å². The van der Waals surface area contributed by atoms with Gasteiger partial charge in [-0.1, -0.05) is 20.8 Å². The van der Waals surface area contributed by atoms with Crippen LogP contribution in [0.3, 0.4) is 0 Å². The van der Waals surface area contributed by atoms with E-state index in [1.54, 1.807) is 9.80 Å². The maximum atomic E-state index is 13.1. The van der Waals surface area contributed by atoms with Crippen LogP contribution in [0.5, 0.6) is 0 Å². The molecule has 0 spiro atoms. The second-order valence-electron chi connectivity index (χ2n) is 10.2. The van der Waals surface area contributed by atoms with Crippen LogP contribution >= 0.6 is 0 Å². The quantitative estimate of drug-likeness (QED) is 0.399. The summed E-state index contributed by atoms with van der Waals surface area (Å²) in [6, 6.07) is -0.670. The topological polar surface area (TPSA) is 106 Å². The number of hydrogen-bond acceptors (Lipinski definition) is 5. The highest BCUT2D eigenvalue weighted by Gasteiger charge is 2.51. The van der Waals surface area contributed by atoms with E-state index in [4.69, 9.17) is 9.94 Å². The summed E-state index contributed by atoms with van der Waals surface area (Å²) in [5.74, 6) is -0.532. The van der Waals surface area contributed by atoms with Gasteiger partial charge in [-0.15, -0.1) is 0 Å². The minimum Gasteiger partial charge on any atom is -0.342 e. The van der Waals surface area contributed by atoms with Crippen molar-refractivity contribution in [2.45, 2.75) is 77.2 Å². The lowest BCUT2D eigenvalue weighted by molar-refractivity contribution is -0.128. The highest BCUT2D eigenvalue weighted by atomic mass is 28.4. The molecule has 0 unspecified atom stereocenters. The number of carbonyl (C=O) groups excluding carboxylic acids is 3. The molecule has 0 aromatic carbocycles. The molecule has 3 aliphatic rings. The first-order valence-corrected chi connectivity index (χ1v) is 13.7. The highest BCUT2D eigenvalue weighted by molar-refractivity contribution is 6.74. The van der Waals surface area contributed by atoms with Gasteiger partial charge in [-0.25, -0.2) is 9.86 Å². The van der Waals surface area contributed by atoms with Gasteiger partial charge in [-0.3, -0.25) is 15.0 Å². The van der Waals surface area contributed by atoms with Crippen molar-refractivity contribution in [1.29, 1.82) is 5.41 Å². The van der Waals surface area contributed by atoms with Crippen LogP contribution in [-0.2, 0) is 14.1 Å². The molecule has 0 aromatic heterocycles. The Kier molecular flexibility index (Phi) is 6.03. The van der Waals surface area contributed by atoms with Crippen LogP contribution < -0.4 is 5.32 Å². The zero-order chi connectivity index (χ0) is 22.4. The Morgan fingerprint density at radius 2 is 1.83 bits per heavy atom. The summed E-state index contributed by atoms with van der Waals surface area (Å²) < 4.78 is 6.30. The fourth-order valence-corrected chi connectivity index (χ4v) is 5.00. The summed E-state index contributed by atoms with van der Waals surface area (Å²) in [7, 11) is -2.16. The van der Waals surface area contributed by atoms with Crippen LogP contribution in [-0.4, -0.2) is 78.6 Å². The molecule has 10 heteroatoms. The van der Waals surface area contributed by atoms with Crippen molar-refractivity contribution < 1.29 is 18.9 Å². The van der Waals surface area contributed by atoms with E-state index in [0.717, 1.165) is 6.42 Å². The number of likely N-dealkylation sites (tertiary alicyclic amines) is 1. The van der Waals surface area contributed by atoms with Gasteiger partial charge in [0.1, 0.15) is 5.84 Å². The SMILES string of the molecule is CC(=O)N1CC[C@H](C(=O)NC(=N)[C@@H]2CC[C@@H]3CN2C(=O)N3O[Si](C)(C)C(C)(C)C)C1. The number of hydroxylamine groups is 2. The van der Waals surface area contributed by atoms with Gasteiger partial charge in [0.2, 0.25) is 20.1 Å². The molecule has 4 amide bonds. The smallest absolute Gasteiger partial charge is 0.342 e. The van der Waals surface area contributed by atoms with E-state index in [9.17, 15) is 14.4 Å². The highest BCUT2D eigenvalue weighted by Crippen LogP contribution is 2.40. The second-order valence-corrected chi connectivity index (χ2v) is 14.9. The van der Waals surface area contributed by atoms with Crippen molar-refractivity contribution in [3.63, 3.8) is 0 Å². The van der Waals surface area contributed by atoms with Crippen molar-refractivity contribution in [3.05, 3.63) is 0 Å². The number of nitrogens with one attached hydrogen (secondary N) is 2. The first kappa shape index (κ1) is 22.7. The molecular weight excluding hydrogens is 402 g/mol. The number of rotatable bonds is 4. The van der Waals surface area contributed by atoms with E-state index in [2.05, 4.69) is 39.2 Å². The Labute approximate surface area is 179 Å². The van der Waals surface area contributed by atoms with Crippen LogP contribution in [0.25, 0.3) is 0 Å². The predicted molar refractivity (Wildman–Crippen MR) is 115 cm³/mol. The number of fused-ring (bicyclic) bond motifs is 2. The largest absolute Gasteiger partial charge is 0.343 e. The monoisotopic (exact) mass is 437 g/mol. The third kappa shape index (κ3) is 4.25. The number of amides is 4. The third-order valence-electron chi connectivity index (χ3n) is 7.05. The standard InChI is InChI=1S/C20H35N5O4Si/c1-13(26)23-10-9-14(11-23)18(27)22-17(21)16-8-7-15-12-24(16)19(28)25(15)29-30(5,6)20(2,3)4/h14-16H,7-12H2,1-6H3,(H2,21,22,27)/t14-,15+,16-/m0/s1. The second kappa shape index (κ2) is 7.95. The van der Waals surface area contributed by atoms with Gasteiger partial charge >= 0.3 is 6.03 Å². The number of nitrogens with zero attached hydrogens (tertiary/aromatic N) is 3. The molecule has 2 bridgehead atoms. The first-order chi connectivity index (χ1) is 13.8. The van der Waals surface area contributed by atoms with Crippen molar-refractivity contribution in [2.75, 3.05) is 19.6 Å². The molecule has 0 saturated carbocycles. The summed E-state index contributed by atoms with van der Waals surface area (Å²) in [4.78, 5) is 40.5. The molecule has 3 fully saturated rings. The molecule has 0 aromatic rings. The Hall–Kier alpha value is -1.94. The molecule has 3 heterocycles. The average molecular weight is 438 g/mol. The van der Waals surface area contributed by atoms with Crippen LogP contribution in [0.1, 0.15) is 47.0 Å². The molecule has 3 saturated heterocycles. The molecular formula is C20H35N5O4Si. The first-order valence-electron chi connectivity index (χ1n) is 10.8. The fourth-order valence-electron chi connectivity index (χ4n) is 4.01. The lowest BCUT2D eigenvalue weighted by Crippen LogP contribution is -2.52. The van der Waals surface area contributed by atoms with Crippen LogP contribution in [0, 0.1) is 11.3 Å². The van der Waals surface area contributed by atoms with Gasteiger partial charge in [0.15, 0.2) is 0 Å². The number of hydrogen-bond donors (Lipinski definition) is 2. The summed E-state index contributed by atoms with van der Waals surface area (Å²) >= 11 is 0. The summed E-state index contributed by atoms with van der Waals surface area (Å²) in [5, 5.41) is 12.7. The number of urea groups is 1. The van der Waals surface area contributed by atoms with E-state index in [-0.39, 0.29) is 40.7 Å². The Bertz CT molecular complexity index is 750. The van der Waals surface area contributed by atoms with Crippen LogP contribution in [0.15, 0.2) is 0 Å². The normalized spacial score (nSPS) is 26.9. The third-order valence-corrected chi connectivity index (χ3v) is 11.3. The van der Waals surface area contributed by atoms with E-state index >= 15 is 0 Å². The summed E-state index contributed by atoms with van der Waals surface area (Å²) in [6.45, 7) is 13.6. The number of carbonyl (C=O) groups is 3. The predicted octanol–water partition coefficient (Wildman–Crippen LogP) is 2.15. The Morgan fingerprint density at radius 3 is 2.40 bits per heavy atom. The molecule has 168 valence electrons. The van der Waals surface area contributed by atoms with Crippen molar-refractivity contribution in [3.8, 4) is 0 Å². The Morgan fingerprint density at radius 1 is 1.17 bits per heavy atom. The van der Waals surface area contributed by atoms with E-state index < -0.39 is 14.4 Å². The lowest BCUT2D eigenvalue weighted by Gasteiger charge is -2.39. The summed E-state index contributed by atoms with van der Waals surface area (Å²) in [6.07, 6.45) is 1.96. The van der Waals surface area contributed by atoms with Crippen molar-refractivity contribution in [1.82, 2.24) is 20.2 Å². The van der Waals surface area contributed by atoms with Crippen LogP contribution in [0.2, 0.25) is 18.1 Å². The average Bonchev–Trinajstić information content (AvgIpc) is 3.21. The van der Waals surface area contributed by atoms with Gasteiger partial charge in [-0.2, -0.15) is 0 Å². The van der Waals surface area contributed by atoms with E-state index in [0.29, 0.717) is 32.5 Å². The van der Waals surface area contributed by atoms with Crippen molar-refractivity contribution in [2.24, 2.45) is 5.92 Å². The fraction of sp³-hybridized carbons (Fsp3) is 0.800.